The molecule has 4 nitrogen and oxygen atoms in total. The molecule has 7 heteroatoms. The molecule has 1 heterocycles. The van der Waals surface area contributed by atoms with E-state index >= 15 is 0 Å². The van der Waals surface area contributed by atoms with Crippen LogP contribution in [0.4, 0.5) is 0 Å². The van der Waals surface area contributed by atoms with Crippen molar-refractivity contribution in [3.05, 3.63) is 28.7 Å². The summed E-state index contributed by atoms with van der Waals surface area (Å²) in [7, 11) is -1.50. The molecule has 1 aromatic rings. The molecule has 0 aliphatic carbocycles. The van der Waals surface area contributed by atoms with Gasteiger partial charge in [0.15, 0.2) is 0 Å². The molecule has 0 radical (unpaired) electrons. The number of sulfonamides is 1. The lowest BCUT2D eigenvalue weighted by atomic mass is 10.2. The third-order valence-electron chi connectivity index (χ3n) is 3.18. The predicted molar refractivity (Wildman–Crippen MR) is 82.2 cm³/mol. The molecule has 1 aromatic carbocycles. The molecule has 0 bridgehead atoms. The molecule has 1 aliphatic heterocycles. The van der Waals surface area contributed by atoms with Gasteiger partial charge in [0.2, 0.25) is 10.0 Å². The van der Waals surface area contributed by atoms with E-state index in [1.807, 2.05) is 7.05 Å². The fourth-order valence-corrected chi connectivity index (χ4v) is 4.26. The van der Waals surface area contributed by atoms with E-state index in [0.29, 0.717) is 18.0 Å². The monoisotopic (exact) mass is 368 g/mol. The molecule has 0 aromatic heterocycles. The van der Waals surface area contributed by atoms with Gasteiger partial charge in [-0.15, -0.1) is 12.4 Å². The summed E-state index contributed by atoms with van der Waals surface area (Å²) in [4.78, 5) is 0.369. The van der Waals surface area contributed by atoms with Gasteiger partial charge in [0, 0.05) is 23.6 Å². The standard InChI is InChI=1S/C12H17BrN2O2S.ClH/c1-14-9-11-3-2-8-15(11)18(16,17)12-6-4-10(13)5-7-12;/h4-7,11,14H,2-3,8-9H2,1H3;1H. The van der Waals surface area contributed by atoms with Crippen LogP contribution < -0.4 is 5.32 Å². The second kappa shape index (κ2) is 7.04. The minimum atomic E-state index is -3.35. The molecule has 108 valence electrons. The normalized spacial score (nSPS) is 20.2. The van der Waals surface area contributed by atoms with Crippen molar-refractivity contribution in [2.24, 2.45) is 0 Å². The second-order valence-corrected chi connectivity index (χ2v) is 7.23. The molecule has 1 N–H and O–H groups in total. The summed E-state index contributed by atoms with van der Waals surface area (Å²) in [6.45, 7) is 1.32. The molecule has 0 amide bonds. The number of likely N-dealkylation sites (N-methyl/N-ethyl adjacent to an activating group) is 1. The first-order valence-electron chi connectivity index (χ1n) is 5.97. The van der Waals surface area contributed by atoms with Gasteiger partial charge in [-0.1, -0.05) is 15.9 Å². The summed E-state index contributed by atoms with van der Waals surface area (Å²) in [5.41, 5.74) is 0. The molecule has 1 saturated heterocycles. The quantitative estimate of drug-likeness (QED) is 0.885. The molecular weight excluding hydrogens is 352 g/mol. The highest BCUT2D eigenvalue weighted by atomic mass is 79.9. The summed E-state index contributed by atoms with van der Waals surface area (Å²) in [5, 5.41) is 3.06. The third kappa shape index (κ3) is 3.70. The molecule has 1 aliphatic rings. The van der Waals surface area contributed by atoms with Crippen molar-refractivity contribution >= 4 is 38.4 Å². The Balaban J connectivity index is 0.00000180. The van der Waals surface area contributed by atoms with Gasteiger partial charge in [-0.25, -0.2) is 8.42 Å². The van der Waals surface area contributed by atoms with Gasteiger partial charge in [-0.3, -0.25) is 0 Å². The number of rotatable bonds is 4. The van der Waals surface area contributed by atoms with Crippen LogP contribution in [0.1, 0.15) is 12.8 Å². The number of hydrogen-bond donors (Lipinski definition) is 1. The van der Waals surface area contributed by atoms with Crippen LogP contribution in [0.2, 0.25) is 0 Å². The van der Waals surface area contributed by atoms with Gasteiger partial charge in [0.05, 0.1) is 4.90 Å². The van der Waals surface area contributed by atoms with Crippen LogP contribution in [0.3, 0.4) is 0 Å². The topological polar surface area (TPSA) is 49.4 Å². The average molecular weight is 370 g/mol. The molecule has 1 fully saturated rings. The number of hydrogen-bond acceptors (Lipinski definition) is 3. The molecular formula is C12H18BrClN2O2S. The highest BCUT2D eigenvalue weighted by Gasteiger charge is 2.34. The van der Waals surface area contributed by atoms with Gasteiger partial charge in [0.1, 0.15) is 0 Å². The van der Waals surface area contributed by atoms with E-state index in [2.05, 4.69) is 21.2 Å². The Bertz CT molecular complexity index is 507. The van der Waals surface area contributed by atoms with Crippen LogP contribution in [0.15, 0.2) is 33.6 Å². The Labute approximate surface area is 129 Å². The zero-order valence-corrected chi connectivity index (χ0v) is 13.9. The van der Waals surface area contributed by atoms with E-state index < -0.39 is 10.0 Å². The fourth-order valence-electron chi connectivity index (χ4n) is 2.31. The first-order valence-corrected chi connectivity index (χ1v) is 8.21. The second-order valence-electron chi connectivity index (χ2n) is 4.42. The van der Waals surface area contributed by atoms with Crippen LogP contribution in [-0.2, 0) is 10.0 Å². The smallest absolute Gasteiger partial charge is 0.243 e. The molecule has 1 atom stereocenters. The molecule has 1 unspecified atom stereocenters. The largest absolute Gasteiger partial charge is 0.318 e. The summed E-state index contributed by atoms with van der Waals surface area (Å²) in [6.07, 6.45) is 1.86. The van der Waals surface area contributed by atoms with Gasteiger partial charge in [0.25, 0.3) is 0 Å². The van der Waals surface area contributed by atoms with Crippen molar-refractivity contribution in [1.82, 2.24) is 9.62 Å². The minimum Gasteiger partial charge on any atom is -0.318 e. The number of nitrogens with zero attached hydrogens (tertiary/aromatic N) is 1. The highest BCUT2D eigenvalue weighted by molar-refractivity contribution is 9.10. The number of benzene rings is 1. The lowest BCUT2D eigenvalue weighted by Gasteiger charge is -2.23. The van der Waals surface area contributed by atoms with Gasteiger partial charge in [-0.05, 0) is 44.2 Å². The van der Waals surface area contributed by atoms with Crippen LogP contribution in [0.5, 0.6) is 0 Å². The Kier molecular flexibility index (Phi) is 6.26. The Morgan fingerprint density at radius 2 is 2.00 bits per heavy atom. The van der Waals surface area contributed by atoms with Crippen LogP contribution in [-0.4, -0.2) is 38.9 Å². The molecule has 2 rings (SSSR count). The number of halogens is 2. The van der Waals surface area contributed by atoms with Crippen molar-refractivity contribution in [1.29, 1.82) is 0 Å². The van der Waals surface area contributed by atoms with Crippen LogP contribution >= 0.6 is 28.3 Å². The zero-order chi connectivity index (χ0) is 13.2. The summed E-state index contributed by atoms with van der Waals surface area (Å²) < 4.78 is 27.5. The lowest BCUT2D eigenvalue weighted by Crippen LogP contribution is -2.40. The van der Waals surface area contributed by atoms with Crippen molar-refractivity contribution in [3.8, 4) is 0 Å². The summed E-state index contributed by atoms with van der Waals surface area (Å²) >= 11 is 3.31. The van der Waals surface area contributed by atoms with E-state index in [1.54, 1.807) is 28.6 Å². The number of nitrogens with one attached hydrogen (secondary N) is 1. The van der Waals surface area contributed by atoms with E-state index in [9.17, 15) is 8.42 Å². The average Bonchev–Trinajstić information content (AvgIpc) is 2.79. The summed E-state index contributed by atoms with van der Waals surface area (Å²) in [5.74, 6) is 0. The maximum atomic E-state index is 12.5. The van der Waals surface area contributed by atoms with Crippen molar-refractivity contribution in [2.45, 2.75) is 23.8 Å². The molecule has 19 heavy (non-hydrogen) atoms. The van der Waals surface area contributed by atoms with Crippen LogP contribution in [0, 0.1) is 0 Å². The minimum absolute atomic E-state index is 0. The highest BCUT2D eigenvalue weighted by Crippen LogP contribution is 2.26. The van der Waals surface area contributed by atoms with Crippen LogP contribution in [0.25, 0.3) is 0 Å². The van der Waals surface area contributed by atoms with Gasteiger partial charge < -0.3 is 5.32 Å². The maximum absolute atomic E-state index is 12.5. The van der Waals surface area contributed by atoms with E-state index in [-0.39, 0.29) is 18.4 Å². The molecule has 0 spiro atoms. The first kappa shape index (κ1) is 16.9. The van der Waals surface area contributed by atoms with Crippen molar-refractivity contribution in [3.63, 3.8) is 0 Å². The Hall–Kier alpha value is -0.140. The summed E-state index contributed by atoms with van der Waals surface area (Å²) in [6, 6.07) is 6.89. The third-order valence-corrected chi connectivity index (χ3v) is 5.68. The van der Waals surface area contributed by atoms with Gasteiger partial charge in [-0.2, -0.15) is 4.31 Å². The first-order chi connectivity index (χ1) is 8.55. The maximum Gasteiger partial charge on any atom is 0.243 e. The Morgan fingerprint density at radius 1 is 1.37 bits per heavy atom. The Morgan fingerprint density at radius 3 is 2.58 bits per heavy atom. The van der Waals surface area contributed by atoms with Gasteiger partial charge >= 0.3 is 0 Å². The van der Waals surface area contributed by atoms with E-state index in [0.717, 1.165) is 17.3 Å². The SMILES string of the molecule is CNCC1CCCN1S(=O)(=O)c1ccc(Br)cc1.Cl. The van der Waals surface area contributed by atoms with E-state index in [1.165, 1.54) is 0 Å². The van der Waals surface area contributed by atoms with Crippen molar-refractivity contribution in [2.75, 3.05) is 20.1 Å². The van der Waals surface area contributed by atoms with E-state index in [4.69, 9.17) is 0 Å². The fraction of sp³-hybridized carbons (Fsp3) is 0.500. The lowest BCUT2D eigenvalue weighted by molar-refractivity contribution is 0.379. The van der Waals surface area contributed by atoms with Crippen molar-refractivity contribution < 1.29 is 8.42 Å². The molecule has 0 saturated carbocycles. The predicted octanol–water partition coefficient (Wildman–Crippen LogP) is 2.24. The zero-order valence-electron chi connectivity index (χ0n) is 10.7.